The lowest BCUT2D eigenvalue weighted by molar-refractivity contribution is 0.0633. The Labute approximate surface area is 178 Å². The zero-order valence-electron chi connectivity index (χ0n) is 17.8. The Morgan fingerprint density at radius 1 is 1.00 bits per heavy atom. The highest BCUT2D eigenvalue weighted by Crippen LogP contribution is 2.14. The highest BCUT2D eigenvalue weighted by Gasteiger charge is 2.22. The van der Waals surface area contributed by atoms with Crippen molar-refractivity contribution in [2.45, 2.75) is 32.9 Å². The number of carbonyl (C=O) groups excluding carboxylic acids is 1. The summed E-state index contributed by atoms with van der Waals surface area (Å²) >= 11 is 0. The van der Waals surface area contributed by atoms with E-state index in [2.05, 4.69) is 39.5 Å². The molecular weight excluding hydrogens is 376 g/mol. The Bertz CT molecular complexity index is 937. The summed E-state index contributed by atoms with van der Waals surface area (Å²) in [7, 11) is 0. The molecule has 158 valence electrons. The minimum Gasteiger partial charge on any atom is -0.336 e. The molecule has 0 N–H and O–H groups in total. The second-order valence-electron chi connectivity index (χ2n) is 8.20. The molecule has 0 unspecified atom stereocenters. The van der Waals surface area contributed by atoms with Crippen LogP contribution >= 0.6 is 0 Å². The van der Waals surface area contributed by atoms with E-state index in [0.29, 0.717) is 5.92 Å². The van der Waals surface area contributed by atoms with Crippen molar-refractivity contribution in [2.75, 3.05) is 32.7 Å². The fraction of sp³-hybridized carbons (Fsp3) is 0.435. The molecule has 0 atom stereocenters. The van der Waals surface area contributed by atoms with Gasteiger partial charge >= 0.3 is 0 Å². The minimum atomic E-state index is 0.125. The molecule has 1 aromatic carbocycles. The van der Waals surface area contributed by atoms with Crippen LogP contribution in [0.2, 0.25) is 0 Å². The van der Waals surface area contributed by atoms with Crippen LogP contribution < -0.4 is 0 Å². The first kappa shape index (κ1) is 20.3. The molecule has 3 aromatic rings. The quantitative estimate of drug-likeness (QED) is 0.605. The van der Waals surface area contributed by atoms with Gasteiger partial charge < -0.3 is 14.0 Å². The number of hydrogen-bond donors (Lipinski definition) is 0. The molecule has 0 spiro atoms. The number of amides is 1. The van der Waals surface area contributed by atoms with E-state index in [9.17, 15) is 4.79 Å². The van der Waals surface area contributed by atoms with Gasteiger partial charge in [0.1, 0.15) is 5.82 Å². The molecule has 0 radical (unpaired) electrons. The van der Waals surface area contributed by atoms with Crippen LogP contribution in [0.15, 0.2) is 55.4 Å². The van der Waals surface area contributed by atoms with Crippen molar-refractivity contribution in [3.05, 3.63) is 72.3 Å². The predicted octanol–water partition coefficient (Wildman–Crippen LogP) is 2.71. The van der Waals surface area contributed by atoms with E-state index in [-0.39, 0.29) is 5.91 Å². The summed E-state index contributed by atoms with van der Waals surface area (Å²) in [4.78, 5) is 25.8. The maximum absolute atomic E-state index is 12.9. The summed E-state index contributed by atoms with van der Waals surface area (Å²) < 4.78 is 4.26. The first-order valence-electron chi connectivity index (χ1n) is 10.7. The van der Waals surface area contributed by atoms with E-state index in [1.165, 1.54) is 0 Å². The largest absolute Gasteiger partial charge is 0.336 e. The minimum absolute atomic E-state index is 0.125. The fourth-order valence-corrected chi connectivity index (χ4v) is 3.96. The number of carbonyl (C=O) groups is 1. The van der Waals surface area contributed by atoms with Crippen LogP contribution in [0.25, 0.3) is 0 Å². The van der Waals surface area contributed by atoms with E-state index in [0.717, 1.165) is 62.8 Å². The van der Waals surface area contributed by atoms with Crippen LogP contribution in [0.5, 0.6) is 0 Å². The molecule has 1 amide bonds. The molecule has 0 aliphatic carbocycles. The number of piperazine rings is 1. The van der Waals surface area contributed by atoms with Crippen molar-refractivity contribution in [1.29, 1.82) is 0 Å². The molecule has 1 aliphatic heterocycles. The van der Waals surface area contributed by atoms with Gasteiger partial charge in [-0.15, -0.1) is 0 Å². The Morgan fingerprint density at radius 3 is 2.43 bits per heavy atom. The van der Waals surface area contributed by atoms with Gasteiger partial charge in [-0.2, -0.15) is 0 Å². The second kappa shape index (κ2) is 9.26. The normalized spacial score (nSPS) is 15.1. The Balaban J connectivity index is 1.26. The van der Waals surface area contributed by atoms with E-state index >= 15 is 0 Å². The van der Waals surface area contributed by atoms with Crippen molar-refractivity contribution in [1.82, 2.24) is 28.9 Å². The third kappa shape index (κ3) is 4.79. The van der Waals surface area contributed by atoms with Crippen LogP contribution in [0.4, 0.5) is 0 Å². The van der Waals surface area contributed by atoms with E-state index < -0.39 is 0 Å². The fourth-order valence-electron chi connectivity index (χ4n) is 3.96. The Hall–Kier alpha value is -2.93. The first-order valence-corrected chi connectivity index (χ1v) is 10.7. The smallest absolute Gasteiger partial charge is 0.253 e. The summed E-state index contributed by atoms with van der Waals surface area (Å²) in [5, 5.41) is 0. The predicted molar refractivity (Wildman–Crippen MR) is 116 cm³/mol. The first-order chi connectivity index (χ1) is 14.6. The van der Waals surface area contributed by atoms with Gasteiger partial charge in [0.25, 0.3) is 5.91 Å². The molecular formula is C23H30N6O. The van der Waals surface area contributed by atoms with Crippen molar-refractivity contribution < 1.29 is 4.79 Å². The molecule has 1 fully saturated rings. The summed E-state index contributed by atoms with van der Waals surface area (Å²) in [5.74, 6) is 1.70. The lowest BCUT2D eigenvalue weighted by Gasteiger charge is -2.35. The maximum atomic E-state index is 12.9. The molecule has 1 saturated heterocycles. The molecule has 30 heavy (non-hydrogen) atoms. The highest BCUT2D eigenvalue weighted by molar-refractivity contribution is 5.94. The zero-order valence-corrected chi connectivity index (χ0v) is 17.8. The molecule has 7 heteroatoms. The summed E-state index contributed by atoms with van der Waals surface area (Å²) in [5.41, 5.74) is 1.92. The van der Waals surface area contributed by atoms with Crippen molar-refractivity contribution in [2.24, 2.45) is 0 Å². The van der Waals surface area contributed by atoms with E-state index in [1.54, 1.807) is 12.5 Å². The molecule has 0 bridgehead atoms. The van der Waals surface area contributed by atoms with Gasteiger partial charge in [-0.1, -0.05) is 26.0 Å². The lowest BCUT2D eigenvalue weighted by Crippen LogP contribution is -2.49. The van der Waals surface area contributed by atoms with Gasteiger partial charge in [-0.3, -0.25) is 9.69 Å². The monoisotopic (exact) mass is 406 g/mol. The summed E-state index contributed by atoms with van der Waals surface area (Å²) in [6, 6.07) is 7.93. The van der Waals surface area contributed by atoms with Crippen LogP contribution in [-0.2, 0) is 13.1 Å². The average Bonchev–Trinajstić information content (AvgIpc) is 3.45. The van der Waals surface area contributed by atoms with Gasteiger partial charge in [0.05, 0.1) is 6.33 Å². The molecule has 2 aromatic heterocycles. The zero-order chi connectivity index (χ0) is 20.9. The van der Waals surface area contributed by atoms with Crippen LogP contribution in [0.3, 0.4) is 0 Å². The van der Waals surface area contributed by atoms with Gasteiger partial charge in [0, 0.05) is 82.1 Å². The number of rotatable bonds is 7. The lowest BCUT2D eigenvalue weighted by atomic mass is 10.1. The van der Waals surface area contributed by atoms with Gasteiger partial charge in [-0.05, 0) is 17.7 Å². The average molecular weight is 407 g/mol. The van der Waals surface area contributed by atoms with Crippen LogP contribution in [-0.4, -0.2) is 67.5 Å². The molecule has 7 nitrogen and oxygen atoms in total. The number of benzene rings is 1. The van der Waals surface area contributed by atoms with Crippen molar-refractivity contribution in [3.8, 4) is 0 Å². The van der Waals surface area contributed by atoms with Gasteiger partial charge in [0.2, 0.25) is 0 Å². The summed E-state index contributed by atoms with van der Waals surface area (Å²) in [6.07, 6.45) is 9.46. The molecule has 4 rings (SSSR count). The van der Waals surface area contributed by atoms with Crippen molar-refractivity contribution in [3.63, 3.8) is 0 Å². The SMILES string of the molecule is CC(C)c1nccn1CCN1CCN(C(=O)c2ccc(Cn3ccnc3)cc2)CC1. The molecule has 3 heterocycles. The maximum Gasteiger partial charge on any atom is 0.253 e. The Kier molecular flexibility index (Phi) is 6.28. The highest BCUT2D eigenvalue weighted by atomic mass is 16.2. The van der Waals surface area contributed by atoms with Crippen LogP contribution in [0, 0.1) is 0 Å². The van der Waals surface area contributed by atoms with Crippen LogP contribution in [0.1, 0.15) is 41.5 Å². The van der Waals surface area contributed by atoms with Gasteiger partial charge in [-0.25, -0.2) is 9.97 Å². The topological polar surface area (TPSA) is 59.2 Å². The molecule has 0 saturated carbocycles. The third-order valence-corrected chi connectivity index (χ3v) is 5.71. The van der Waals surface area contributed by atoms with Crippen molar-refractivity contribution >= 4 is 5.91 Å². The standard InChI is InChI=1S/C23H30N6O/c1-19(2)22-25-8-10-28(22)14-11-26-12-15-29(16-13-26)23(30)21-5-3-20(4-6-21)17-27-9-7-24-18-27/h3-10,18-19H,11-17H2,1-2H3. The second-order valence-corrected chi connectivity index (χ2v) is 8.20. The van der Waals surface area contributed by atoms with E-state index in [1.807, 2.05) is 46.1 Å². The summed E-state index contributed by atoms with van der Waals surface area (Å²) in [6.45, 7) is 10.4. The molecule has 1 aliphatic rings. The number of hydrogen-bond acceptors (Lipinski definition) is 4. The number of aromatic nitrogens is 4. The Morgan fingerprint density at radius 2 is 1.77 bits per heavy atom. The van der Waals surface area contributed by atoms with E-state index in [4.69, 9.17) is 0 Å². The number of nitrogens with zero attached hydrogens (tertiary/aromatic N) is 6. The number of imidazole rings is 2. The third-order valence-electron chi connectivity index (χ3n) is 5.71. The van der Waals surface area contributed by atoms with Gasteiger partial charge in [0.15, 0.2) is 0 Å².